The van der Waals surface area contributed by atoms with Crippen molar-refractivity contribution in [3.63, 3.8) is 0 Å². The molecule has 0 spiro atoms. The Morgan fingerprint density at radius 1 is 1.19 bits per heavy atom. The zero-order chi connectivity index (χ0) is 11.7. The molecule has 1 unspecified atom stereocenters. The maximum Gasteiger partial charge on any atom is 0.306 e. The van der Waals surface area contributed by atoms with E-state index in [1.54, 1.807) is 0 Å². The first-order chi connectivity index (χ1) is 7.58. The van der Waals surface area contributed by atoms with E-state index in [1.165, 1.54) is 12.8 Å². The van der Waals surface area contributed by atoms with Gasteiger partial charge in [0.2, 0.25) is 5.91 Å². The predicted octanol–water partition coefficient (Wildman–Crippen LogP) is 1.40. The Kier molecular flexibility index (Phi) is 3.17. The summed E-state index contributed by atoms with van der Waals surface area (Å²) in [7, 11) is 0. The molecule has 90 valence electrons. The lowest BCUT2D eigenvalue weighted by Gasteiger charge is -2.16. The van der Waals surface area contributed by atoms with Gasteiger partial charge in [0.1, 0.15) is 0 Å². The van der Waals surface area contributed by atoms with E-state index in [4.69, 9.17) is 5.11 Å². The molecular formula is C12H19NO3. The number of carbonyl (C=O) groups is 2. The molecule has 0 bridgehead atoms. The number of hydrogen-bond acceptors (Lipinski definition) is 2. The van der Waals surface area contributed by atoms with Gasteiger partial charge in [-0.2, -0.15) is 0 Å². The van der Waals surface area contributed by atoms with E-state index < -0.39 is 5.97 Å². The van der Waals surface area contributed by atoms with Crippen LogP contribution in [-0.4, -0.2) is 23.0 Å². The monoisotopic (exact) mass is 225 g/mol. The van der Waals surface area contributed by atoms with Gasteiger partial charge in [0.25, 0.3) is 0 Å². The van der Waals surface area contributed by atoms with Crippen LogP contribution in [0.3, 0.4) is 0 Å². The Morgan fingerprint density at radius 3 is 2.31 bits per heavy atom. The Bertz CT molecular complexity index is 299. The fourth-order valence-electron chi connectivity index (χ4n) is 2.50. The van der Waals surface area contributed by atoms with Crippen molar-refractivity contribution >= 4 is 11.9 Å². The fraction of sp³-hybridized carbons (Fsp3) is 0.833. The van der Waals surface area contributed by atoms with E-state index in [-0.39, 0.29) is 23.8 Å². The van der Waals surface area contributed by atoms with Crippen molar-refractivity contribution in [1.82, 2.24) is 5.32 Å². The highest BCUT2D eigenvalue weighted by Gasteiger charge is 2.36. The van der Waals surface area contributed by atoms with Gasteiger partial charge in [-0.1, -0.05) is 0 Å². The maximum atomic E-state index is 11.9. The second kappa shape index (κ2) is 4.44. The molecule has 0 saturated heterocycles. The molecule has 1 amide bonds. The number of hydrogen-bond donors (Lipinski definition) is 2. The Hall–Kier alpha value is -1.06. The van der Waals surface area contributed by atoms with Crippen LogP contribution in [-0.2, 0) is 9.59 Å². The van der Waals surface area contributed by atoms with Crippen LogP contribution in [0.15, 0.2) is 0 Å². The summed E-state index contributed by atoms with van der Waals surface area (Å²) in [5.74, 6) is -0.441. The number of amides is 1. The second-order valence-corrected chi connectivity index (χ2v) is 5.18. The molecule has 2 rings (SSSR count). The number of carbonyl (C=O) groups excluding carboxylic acids is 1. The highest BCUT2D eigenvalue weighted by atomic mass is 16.4. The molecule has 4 heteroatoms. The average Bonchev–Trinajstić information content (AvgIpc) is 2.95. The third kappa shape index (κ3) is 2.54. The van der Waals surface area contributed by atoms with E-state index in [0.29, 0.717) is 18.8 Å². The SMILES string of the molecule is CC(NC(=O)[C@@H]1CC[C@H](C(=O)O)C1)C1CC1. The smallest absolute Gasteiger partial charge is 0.306 e. The molecular weight excluding hydrogens is 206 g/mol. The summed E-state index contributed by atoms with van der Waals surface area (Å²) in [6, 6.07) is 0.261. The van der Waals surface area contributed by atoms with Crippen molar-refractivity contribution in [1.29, 1.82) is 0 Å². The molecule has 0 aromatic heterocycles. The molecule has 16 heavy (non-hydrogen) atoms. The Labute approximate surface area is 95.4 Å². The molecule has 0 radical (unpaired) electrons. The van der Waals surface area contributed by atoms with E-state index in [1.807, 2.05) is 6.92 Å². The van der Waals surface area contributed by atoms with Crippen LogP contribution < -0.4 is 5.32 Å². The van der Waals surface area contributed by atoms with Gasteiger partial charge in [-0.05, 0) is 44.9 Å². The maximum absolute atomic E-state index is 11.9. The summed E-state index contributed by atoms with van der Waals surface area (Å²) in [4.78, 5) is 22.6. The molecule has 2 aliphatic carbocycles. The van der Waals surface area contributed by atoms with Gasteiger partial charge in [-0.15, -0.1) is 0 Å². The van der Waals surface area contributed by atoms with Crippen molar-refractivity contribution in [2.45, 2.75) is 45.1 Å². The molecule has 3 atom stereocenters. The largest absolute Gasteiger partial charge is 0.481 e. The summed E-state index contributed by atoms with van der Waals surface area (Å²) in [5.41, 5.74) is 0. The van der Waals surface area contributed by atoms with E-state index in [0.717, 1.165) is 6.42 Å². The fourth-order valence-corrected chi connectivity index (χ4v) is 2.50. The van der Waals surface area contributed by atoms with Gasteiger partial charge in [0.15, 0.2) is 0 Å². The minimum absolute atomic E-state index is 0.0585. The Balaban J connectivity index is 1.79. The lowest BCUT2D eigenvalue weighted by Crippen LogP contribution is -2.37. The lowest BCUT2D eigenvalue weighted by atomic mass is 10.0. The topological polar surface area (TPSA) is 66.4 Å². The molecule has 0 aromatic carbocycles. The van der Waals surface area contributed by atoms with Gasteiger partial charge in [-0.25, -0.2) is 0 Å². The molecule has 2 saturated carbocycles. The normalized spacial score (nSPS) is 31.1. The van der Waals surface area contributed by atoms with E-state index in [2.05, 4.69) is 5.32 Å². The lowest BCUT2D eigenvalue weighted by molar-refractivity contribution is -0.141. The molecule has 0 heterocycles. The van der Waals surface area contributed by atoms with Crippen molar-refractivity contribution < 1.29 is 14.7 Å². The molecule has 0 aromatic rings. The van der Waals surface area contributed by atoms with Crippen LogP contribution in [0.5, 0.6) is 0 Å². The van der Waals surface area contributed by atoms with Crippen LogP contribution in [0.4, 0.5) is 0 Å². The zero-order valence-electron chi connectivity index (χ0n) is 9.61. The van der Waals surface area contributed by atoms with Gasteiger partial charge in [0, 0.05) is 12.0 Å². The summed E-state index contributed by atoms with van der Waals surface area (Å²) >= 11 is 0. The van der Waals surface area contributed by atoms with Crippen molar-refractivity contribution in [2.75, 3.05) is 0 Å². The first kappa shape index (κ1) is 11.4. The summed E-state index contributed by atoms with van der Waals surface area (Å²) in [5, 5.41) is 11.9. The third-order valence-corrected chi connectivity index (χ3v) is 3.85. The van der Waals surface area contributed by atoms with Gasteiger partial charge in [-0.3, -0.25) is 9.59 Å². The number of rotatable bonds is 4. The van der Waals surface area contributed by atoms with E-state index >= 15 is 0 Å². The van der Waals surface area contributed by atoms with Crippen LogP contribution in [0.2, 0.25) is 0 Å². The molecule has 4 nitrogen and oxygen atoms in total. The molecule has 2 N–H and O–H groups in total. The van der Waals surface area contributed by atoms with Gasteiger partial charge >= 0.3 is 5.97 Å². The van der Waals surface area contributed by atoms with Crippen molar-refractivity contribution in [3.05, 3.63) is 0 Å². The molecule has 0 aliphatic heterocycles. The summed E-state index contributed by atoms with van der Waals surface area (Å²) in [6.07, 6.45) is 4.30. The quantitative estimate of drug-likeness (QED) is 0.760. The van der Waals surface area contributed by atoms with Crippen LogP contribution in [0.1, 0.15) is 39.0 Å². The predicted molar refractivity (Wildman–Crippen MR) is 58.8 cm³/mol. The minimum Gasteiger partial charge on any atom is -0.481 e. The standard InChI is InChI=1S/C12H19NO3/c1-7(8-2-3-8)13-11(14)9-4-5-10(6-9)12(15)16/h7-10H,2-6H2,1H3,(H,13,14)(H,15,16)/t7?,9-,10+/m1/s1. The molecule has 2 fully saturated rings. The van der Waals surface area contributed by atoms with Crippen LogP contribution in [0, 0.1) is 17.8 Å². The number of carboxylic acids is 1. The van der Waals surface area contributed by atoms with Gasteiger partial charge < -0.3 is 10.4 Å². The second-order valence-electron chi connectivity index (χ2n) is 5.18. The number of aliphatic carboxylic acids is 1. The average molecular weight is 225 g/mol. The van der Waals surface area contributed by atoms with Crippen LogP contribution >= 0.6 is 0 Å². The summed E-state index contributed by atoms with van der Waals surface area (Å²) < 4.78 is 0. The van der Waals surface area contributed by atoms with Gasteiger partial charge in [0.05, 0.1) is 5.92 Å². The number of carboxylic acid groups (broad SMARTS) is 1. The summed E-state index contributed by atoms with van der Waals surface area (Å²) in [6.45, 7) is 2.04. The number of nitrogens with one attached hydrogen (secondary N) is 1. The zero-order valence-corrected chi connectivity index (χ0v) is 9.61. The first-order valence-electron chi connectivity index (χ1n) is 6.11. The highest BCUT2D eigenvalue weighted by Crippen LogP contribution is 2.34. The van der Waals surface area contributed by atoms with Crippen LogP contribution in [0.25, 0.3) is 0 Å². The van der Waals surface area contributed by atoms with Crippen molar-refractivity contribution in [2.24, 2.45) is 17.8 Å². The third-order valence-electron chi connectivity index (χ3n) is 3.85. The minimum atomic E-state index is -0.759. The molecule has 2 aliphatic rings. The highest BCUT2D eigenvalue weighted by molar-refractivity contribution is 5.81. The van der Waals surface area contributed by atoms with Crippen molar-refractivity contribution in [3.8, 4) is 0 Å². The van der Waals surface area contributed by atoms with E-state index in [9.17, 15) is 9.59 Å². The Morgan fingerprint density at radius 2 is 1.81 bits per heavy atom. The first-order valence-corrected chi connectivity index (χ1v) is 6.11.